The highest BCUT2D eigenvalue weighted by Gasteiger charge is 2.16. The molecule has 0 amide bonds. The van der Waals surface area contributed by atoms with Crippen molar-refractivity contribution >= 4 is 11.2 Å². The Labute approximate surface area is 91.9 Å². The van der Waals surface area contributed by atoms with Crippen LogP contribution in [0.3, 0.4) is 0 Å². The van der Waals surface area contributed by atoms with Crippen LogP contribution in [-0.4, -0.2) is 23.1 Å². The minimum Gasteiger partial charge on any atom is -0.406 e. The number of fused-ring (bicyclic) bond motifs is 1. The van der Waals surface area contributed by atoms with E-state index in [1.54, 1.807) is 0 Å². The molecule has 5 nitrogen and oxygen atoms in total. The SMILES string of the molecule is O=c1[nH]c2ncc(C3CCNCC3)cc2o1. The summed E-state index contributed by atoms with van der Waals surface area (Å²) in [7, 11) is 0. The van der Waals surface area contributed by atoms with Crippen LogP contribution in [0.4, 0.5) is 0 Å². The molecule has 3 heterocycles. The van der Waals surface area contributed by atoms with E-state index in [9.17, 15) is 4.79 Å². The van der Waals surface area contributed by atoms with E-state index in [0.29, 0.717) is 17.1 Å². The van der Waals surface area contributed by atoms with E-state index in [1.165, 1.54) is 0 Å². The van der Waals surface area contributed by atoms with Gasteiger partial charge in [0.1, 0.15) is 0 Å². The van der Waals surface area contributed by atoms with Gasteiger partial charge in [0.2, 0.25) is 0 Å². The summed E-state index contributed by atoms with van der Waals surface area (Å²) in [6.07, 6.45) is 4.06. The number of piperidine rings is 1. The zero-order valence-electron chi connectivity index (χ0n) is 8.82. The molecule has 0 bridgehead atoms. The fourth-order valence-electron chi connectivity index (χ4n) is 2.23. The summed E-state index contributed by atoms with van der Waals surface area (Å²) in [5, 5.41) is 3.33. The van der Waals surface area contributed by atoms with Crippen LogP contribution in [0.2, 0.25) is 0 Å². The van der Waals surface area contributed by atoms with Crippen molar-refractivity contribution in [2.24, 2.45) is 0 Å². The molecule has 0 aromatic carbocycles. The van der Waals surface area contributed by atoms with Gasteiger partial charge in [0.15, 0.2) is 11.2 Å². The van der Waals surface area contributed by atoms with Gasteiger partial charge in [-0.25, -0.2) is 9.78 Å². The standard InChI is InChI=1S/C11H13N3O2/c15-11-14-10-9(16-11)5-8(6-13-10)7-1-3-12-4-2-7/h5-7,12H,1-4H2,(H,13,14,15). The lowest BCUT2D eigenvalue weighted by Crippen LogP contribution is -2.26. The third kappa shape index (κ3) is 1.63. The summed E-state index contributed by atoms with van der Waals surface area (Å²) in [4.78, 5) is 17.8. The third-order valence-corrected chi connectivity index (χ3v) is 3.11. The zero-order valence-corrected chi connectivity index (χ0v) is 8.82. The Morgan fingerprint density at radius 1 is 1.38 bits per heavy atom. The third-order valence-electron chi connectivity index (χ3n) is 3.11. The van der Waals surface area contributed by atoms with E-state index in [2.05, 4.69) is 15.3 Å². The average molecular weight is 219 g/mol. The molecule has 0 spiro atoms. The van der Waals surface area contributed by atoms with E-state index in [4.69, 9.17) is 4.42 Å². The summed E-state index contributed by atoms with van der Waals surface area (Å²) in [6, 6.07) is 1.93. The van der Waals surface area contributed by atoms with Gasteiger partial charge in [0.05, 0.1) is 0 Å². The summed E-state index contributed by atoms with van der Waals surface area (Å²) >= 11 is 0. The molecule has 1 aliphatic rings. The molecule has 0 atom stereocenters. The Morgan fingerprint density at radius 3 is 3.00 bits per heavy atom. The van der Waals surface area contributed by atoms with Gasteiger partial charge in [-0.1, -0.05) is 0 Å². The number of H-pyrrole nitrogens is 1. The summed E-state index contributed by atoms with van der Waals surface area (Å²) in [6.45, 7) is 2.08. The Kier molecular flexibility index (Phi) is 2.25. The normalized spacial score (nSPS) is 18.0. The quantitative estimate of drug-likeness (QED) is 0.750. The first-order valence-corrected chi connectivity index (χ1v) is 5.52. The number of oxazole rings is 1. The van der Waals surface area contributed by atoms with Gasteiger partial charge in [-0.15, -0.1) is 0 Å². The summed E-state index contributed by atoms with van der Waals surface area (Å²) in [5.41, 5.74) is 2.25. The lowest BCUT2D eigenvalue weighted by Gasteiger charge is -2.22. The number of hydrogen-bond donors (Lipinski definition) is 2. The second-order valence-electron chi connectivity index (χ2n) is 4.15. The predicted octanol–water partition coefficient (Wildman–Crippen LogP) is 0.983. The molecule has 1 fully saturated rings. The van der Waals surface area contributed by atoms with Crippen molar-refractivity contribution < 1.29 is 4.42 Å². The number of nitrogens with one attached hydrogen (secondary N) is 2. The van der Waals surface area contributed by atoms with Crippen LogP contribution in [0.1, 0.15) is 24.3 Å². The van der Waals surface area contributed by atoms with Gasteiger partial charge in [0, 0.05) is 6.20 Å². The number of aromatic nitrogens is 2. The molecule has 1 saturated heterocycles. The first-order valence-electron chi connectivity index (χ1n) is 5.52. The summed E-state index contributed by atoms with van der Waals surface area (Å²) in [5.74, 6) is 0.0864. The van der Waals surface area contributed by atoms with Crippen molar-refractivity contribution in [2.45, 2.75) is 18.8 Å². The van der Waals surface area contributed by atoms with Crippen LogP contribution in [0.15, 0.2) is 21.5 Å². The molecule has 0 saturated carbocycles. The van der Waals surface area contributed by atoms with Crippen LogP contribution in [0.5, 0.6) is 0 Å². The van der Waals surface area contributed by atoms with Gasteiger partial charge in [-0.3, -0.25) is 4.98 Å². The van der Waals surface area contributed by atoms with Crippen molar-refractivity contribution in [3.63, 3.8) is 0 Å². The van der Waals surface area contributed by atoms with Gasteiger partial charge < -0.3 is 9.73 Å². The molecular weight excluding hydrogens is 206 g/mol. The number of aromatic amines is 1. The number of hydrogen-bond acceptors (Lipinski definition) is 4. The van der Waals surface area contributed by atoms with Crippen LogP contribution in [0, 0.1) is 0 Å². The maximum atomic E-state index is 11.0. The highest BCUT2D eigenvalue weighted by atomic mass is 16.4. The van der Waals surface area contributed by atoms with Gasteiger partial charge in [-0.2, -0.15) is 0 Å². The van der Waals surface area contributed by atoms with E-state index in [0.717, 1.165) is 31.5 Å². The topological polar surface area (TPSA) is 70.9 Å². The molecule has 3 rings (SSSR count). The molecule has 0 radical (unpaired) electrons. The van der Waals surface area contributed by atoms with Crippen LogP contribution < -0.4 is 11.1 Å². The fraction of sp³-hybridized carbons (Fsp3) is 0.455. The largest absolute Gasteiger partial charge is 0.418 e. The molecule has 16 heavy (non-hydrogen) atoms. The number of nitrogens with zero attached hydrogens (tertiary/aromatic N) is 1. The van der Waals surface area contributed by atoms with Crippen molar-refractivity contribution in [1.82, 2.24) is 15.3 Å². The van der Waals surface area contributed by atoms with E-state index < -0.39 is 5.76 Å². The molecule has 5 heteroatoms. The van der Waals surface area contributed by atoms with Gasteiger partial charge >= 0.3 is 5.76 Å². The van der Waals surface area contributed by atoms with Crippen LogP contribution in [0.25, 0.3) is 11.2 Å². The molecular formula is C11H13N3O2. The lowest BCUT2D eigenvalue weighted by molar-refractivity contribution is 0.459. The summed E-state index contributed by atoms with van der Waals surface area (Å²) < 4.78 is 5.01. The van der Waals surface area contributed by atoms with Crippen LogP contribution >= 0.6 is 0 Å². The van der Waals surface area contributed by atoms with Crippen LogP contribution in [-0.2, 0) is 0 Å². The second kappa shape index (κ2) is 3.75. The molecule has 84 valence electrons. The van der Waals surface area contributed by atoms with E-state index >= 15 is 0 Å². The maximum absolute atomic E-state index is 11.0. The first kappa shape index (κ1) is 9.59. The van der Waals surface area contributed by atoms with Gasteiger partial charge in [-0.05, 0) is 43.5 Å². The molecule has 1 aliphatic heterocycles. The maximum Gasteiger partial charge on any atom is 0.418 e. The Hall–Kier alpha value is -1.62. The molecule has 0 aliphatic carbocycles. The number of rotatable bonds is 1. The van der Waals surface area contributed by atoms with E-state index in [1.807, 2.05) is 12.3 Å². The highest BCUT2D eigenvalue weighted by molar-refractivity contribution is 5.67. The minimum absolute atomic E-state index is 0.440. The number of pyridine rings is 1. The van der Waals surface area contributed by atoms with Gasteiger partial charge in [0.25, 0.3) is 0 Å². The molecule has 2 aromatic rings. The van der Waals surface area contributed by atoms with Crippen molar-refractivity contribution in [3.8, 4) is 0 Å². The fourth-order valence-corrected chi connectivity index (χ4v) is 2.23. The average Bonchev–Trinajstić information content (AvgIpc) is 2.69. The zero-order chi connectivity index (χ0) is 11.0. The molecule has 2 N–H and O–H groups in total. The smallest absolute Gasteiger partial charge is 0.406 e. The highest BCUT2D eigenvalue weighted by Crippen LogP contribution is 2.25. The minimum atomic E-state index is -0.440. The second-order valence-corrected chi connectivity index (χ2v) is 4.15. The molecule has 2 aromatic heterocycles. The Bertz CT molecular complexity index is 552. The van der Waals surface area contributed by atoms with Crippen molar-refractivity contribution in [3.05, 3.63) is 28.4 Å². The Morgan fingerprint density at radius 2 is 2.19 bits per heavy atom. The Balaban J connectivity index is 2.00. The van der Waals surface area contributed by atoms with Crippen molar-refractivity contribution in [2.75, 3.05) is 13.1 Å². The predicted molar refractivity (Wildman–Crippen MR) is 59.5 cm³/mol. The molecule has 0 unspecified atom stereocenters. The van der Waals surface area contributed by atoms with E-state index in [-0.39, 0.29) is 0 Å². The lowest BCUT2D eigenvalue weighted by atomic mass is 9.91. The first-order chi connectivity index (χ1) is 7.83. The van der Waals surface area contributed by atoms with Crippen molar-refractivity contribution in [1.29, 1.82) is 0 Å². The monoisotopic (exact) mass is 219 g/mol.